The van der Waals surface area contributed by atoms with Crippen LogP contribution in [-0.2, 0) is 23.9 Å². The van der Waals surface area contributed by atoms with Gasteiger partial charge in [-0.15, -0.1) is 0 Å². The first kappa shape index (κ1) is 29.4. The van der Waals surface area contributed by atoms with Crippen LogP contribution in [0.2, 0.25) is 0 Å². The van der Waals surface area contributed by atoms with E-state index in [1.165, 1.54) is 19.8 Å². The quantitative estimate of drug-likeness (QED) is 0.161. The molecule has 0 bridgehead atoms. The maximum Gasteiger partial charge on any atom is 0.318 e. The number of hydrogen-bond acceptors (Lipinski definition) is 5. The number of rotatable bonds is 19. The van der Waals surface area contributed by atoms with Gasteiger partial charge in [0.2, 0.25) is 5.91 Å². The Kier molecular flexibility index (Phi) is 18.1. The molecule has 0 aromatic heterocycles. The minimum Gasteiger partial charge on any atom is -0.465 e. The summed E-state index contributed by atoms with van der Waals surface area (Å²) in [5.41, 5.74) is 0. The number of nitrogens with one attached hydrogen (secondary N) is 1. The van der Waals surface area contributed by atoms with Crippen LogP contribution in [0.3, 0.4) is 0 Å². The van der Waals surface area contributed by atoms with Crippen molar-refractivity contribution >= 4 is 17.8 Å². The first-order valence-corrected chi connectivity index (χ1v) is 12.4. The SMILES string of the molecule is CCCCCC(CCCC(CC)CCCCCC(C(=O)NC)C(=O)OCC)OC(C)=O. The van der Waals surface area contributed by atoms with Crippen molar-refractivity contribution < 1.29 is 23.9 Å². The predicted octanol–water partition coefficient (Wildman–Crippen LogP) is 5.57. The highest BCUT2D eigenvalue weighted by Gasteiger charge is 2.26. The molecular weight excluding hydrogens is 394 g/mol. The maximum atomic E-state index is 12.0. The minimum atomic E-state index is -0.696. The topological polar surface area (TPSA) is 81.7 Å². The molecule has 0 aromatic carbocycles. The van der Waals surface area contributed by atoms with Gasteiger partial charge in [-0.05, 0) is 44.9 Å². The summed E-state index contributed by atoms with van der Waals surface area (Å²) >= 11 is 0. The summed E-state index contributed by atoms with van der Waals surface area (Å²) < 4.78 is 10.5. The lowest BCUT2D eigenvalue weighted by Crippen LogP contribution is -2.34. The van der Waals surface area contributed by atoms with E-state index in [9.17, 15) is 14.4 Å². The molecule has 0 aliphatic rings. The molecule has 0 saturated carbocycles. The van der Waals surface area contributed by atoms with Crippen LogP contribution in [0.15, 0.2) is 0 Å². The lowest BCUT2D eigenvalue weighted by atomic mass is 9.91. The average molecular weight is 442 g/mol. The number of esters is 2. The number of carbonyl (C=O) groups is 3. The average Bonchev–Trinajstić information content (AvgIpc) is 2.74. The lowest BCUT2D eigenvalue weighted by Gasteiger charge is -2.19. The Labute approximate surface area is 190 Å². The molecule has 31 heavy (non-hydrogen) atoms. The summed E-state index contributed by atoms with van der Waals surface area (Å²) in [5, 5.41) is 2.56. The van der Waals surface area contributed by atoms with E-state index in [1.807, 2.05) is 0 Å². The van der Waals surface area contributed by atoms with Crippen LogP contribution in [0.25, 0.3) is 0 Å². The minimum absolute atomic E-state index is 0.0612. The van der Waals surface area contributed by atoms with Gasteiger partial charge in [-0.3, -0.25) is 14.4 Å². The molecule has 1 N–H and O–H groups in total. The number of unbranched alkanes of at least 4 members (excludes halogenated alkanes) is 4. The van der Waals surface area contributed by atoms with Crippen molar-refractivity contribution in [3.05, 3.63) is 0 Å². The predicted molar refractivity (Wildman–Crippen MR) is 125 cm³/mol. The smallest absolute Gasteiger partial charge is 0.318 e. The molecule has 0 saturated heterocycles. The van der Waals surface area contributed by atoms with Gasteiger partial charge in [0.1, 0.15) is 12.0 Å². The van der Waals surface area contributed by atoms with Crippen LogP contribution in [0.5, 0.6) is 0 Å². The van der Waals surface area contributed by atoms with Crippen molar-refractivity contribution in [2.75, 3.05) is 13.7 Å². The van der Waals surface area contributed by atoms with Gasteiger partial charge >= 0.3 is 11.9 Å². The molecule has 6 heteroatoms. The zero-order chi connectivity index (χ0) is 23.5. The molecule has 0 aliphatic heterocycles. The molecule has 0 rings (SSSR count). The van der Waals surface area contributed by atoms with Crippen LogP contribution in [0, 0.1) is 11.8 Å². The fraction of sp³-hybridized carbons (Fsp3) is 0.880. The second-order valence-corrected chi connectivity index (χ2v) is 8.49. The Bertz CT molecular complexity index is 494. The van der Waals surface area contributed by atoms with Gasteiger partial charge in [0.25, 0.3) is 0 Å². The molecule has 1 amide bonds. The van der Waals surface area contributed by atoms with E-state index in [4.69, 9.17) is 9.47 Å². The van der Waals surface area contributed by atoms with Crippen molar-refractivity contribution in [3.63, 3.8) is 0 Å². The fourth-order valence-corrected chi connectivity index (χ4v) is 4.04. The lowest BCUT2D eigenvalue weighted by molar-refractivity contribution is -0.152. The Balaban J connectivity index is 4.22. The van der Waals surface area contributed by atoms with E-state index in [0.29, 0.717) is 18.9 Å². The second-order valence-electron chi connectivity index (χ2n) is 8.49. The van der Waals surface area contributed by atoms with E-state index < -0.39 is 11.9 Å². The molecule has 0 fully saturated rings. The fourth-order valence-electron chi connectivity index (χ4n) is 4.04. The number of ether oxygens (including phenoxy) is 2. The van der Waals surface area contributed by atoms with Crippen LogP contribution < -0.4 is 5.32 Å². The Morgan fingerprint density at radius 2 is 1.42 bits per heavy atom. The molecule has 0 radical (unpaired) electrons. The van der Waals surface area contributed by atoms with Crippen LogP contribution in [0.4, 0.5) is 0 Å². The van der Waals surface area contributed by atoms with Gasteiger partial charge < -0.3 is 14.8 Å². The van der Waals surface area contributed by atoms with E-state index in [0.717, 1.165) is 64.2 Å². The summed E-state index contributed by atoms with van der Waals surface area (Å²) in [4.78, 5) is 35.3. The first-order valence-electron chi connectivity index (χ1n) is 12.4. The van der Waals surface area contributed by atoms with Crippen molar-refractivity contribution in [2.24, 2.45) is 11.8 Å². The Morgan fingerprint density at radius 1 is 0.806 bits per heavy atom. The van der Waals surface area contributed by atoms with E-state index in [1.54, 1.807) is 14.0 Å². The van der Waals surface area contributed by atoms with Crippen molar-refractivity contribution in [3.8, 4) is 0 Å². The number of amides is 1. The highest BCUT2D eigenvalue weighted by Crippen LogP contribution is 2.23. The van der Waals surface area contributed by atoms with E-state index in [-0.39, 0.29) is 18.0 Å². The molecule has 0 spiro atoms. The van der Waals surface area contributed by atoms with Crippen molar-refractivity contribution in [1.29, 1.82) is 0 Å². The zero-order valence-corrected chi connectivity index (χ0v) is 20.7. The Morgan fingerprint density at radius 3 is 2.00 bits per heavy atom. The van der Waals surface area contributed by atoms with Gasteiger partial charge in [-0.2, -0.15) is 0 Å². The highest BCUT2D eigenvalue weighted by molar-refractivity contribution is 5.97. The third-order valence-corrected chi connectivity index (χ3v) is 5.92. The molecule has 3 atom stereocenters. The van der Waals surface area contributed by atoms with E-state index in [2.05, 4.69) is 19.2 Å². The Hall–Kier alpha value is -1.59. The van der Waals surface area contributed by atoms with Gasteiger partial charge in [0, 0.05) is 14.0 Å². The standard InChI is InChI=1S/C25H47NO5/c1-6-9-11-17-22(31-20(4)27)18-14-16-21(7-2)15-12-10-13-19-23(24(28)26-5)25(29)30-8-3/h21-23H,6-19H2,1-5H3,(H,26,28). The summed E-state index contributed by atoms with van der Waals surface area (Å²) in [6.45, 7) is 7.96. The number of carbonyl (C=O) groups excluding carboxylic acids is 3. The first-order chi connectivity index (χ1) is 14.9. The summed E-state index contributed by atoms with van der Waals surface area (Å²) in [5.74, 6) is -0.876. The third-order valence-electron chi connectivity index (χ3n) is 5.92. The normalized spacial score (nSPS) is 13.8. The number of hydrogen-bond donors (Lipinski definition) is 1. The van der Waals surface area contributed by atoms with Gasteiger partial charge in [-0.1, -0.05) is 65.2 Å². The van der Waals surface area contributed by atoms with Crippen LogP contribution >= 0.6 is 0 Å². The molecule has 0 aromatic rings. The van der Waals surface area contributed by atoms with Gasteiger partial charge in [0.15, 0.2) is 0 Å². The zero-order valence-electron chi connectivity index (χ0n) is 20.7. The van der Waals surface area contributed by atoms with Crippen molar-refractivity contribution in [2.45, 2.75) is 117 Å². The monoisotopic (exact) mass is 441 g/mol. The largest absolute Gasteiger partial charge is 0.465 e. The third kappa shape index (κ3) is 14.9. The van der Waals surface area contributed by atoms with Gasteiger partial charge in [0.05, 0.1) is 6.61 Å². The second kappa shape index (κ2) is 19.1. The van der Waals surface area contributed by atoms with Crippen LogP contribution in [0.1, 0.15) is 111 Å². The molecule has 182 valence electrons. The summed E-state index contributed by atoms with van der Waals surface area (Å²) in [6, 6.07) is 0. The molecule has 3 unspecified atom stereocenters. The summed E-state index contributed by atoms with van der Waals surface area (Å²) in [6.07, 6.45) is 13.5. The maximum absolute atomic E-state index is 12.0. The van der Waals surface area contributed by atoms with Crippen molar-refractivity contribution in [1.82, 2.24) is 5.32 Å². The van der Waals surface area contributed by atoms with Crippen LogP contribution in [-0.4, -0.2) is 37.6 Å². The van der Waals surface area contributed by atoms with Gasteiger partial charge in [-0.25, -0.2) is 0 Å². The summed E-state index contributed by atoms with van der Waals surface area (Å²) in [7, 11) is 1.55. The molecule has 0 aliphatic carbocycles. The highest BCUT2D eigenvalue weighted by atomic mass is 16.5. The molecule has 0 heterocycles. The molecule has 6 nitrogen and oxygen atoms in total. The van der Waals surface area contributed by atoms with E-state index >= 15 is 0 Å². The molecular formula is C25H47NO5.